The molecule has 0 spiro atoms. The summed E-state index contributed by atoms with van der Waals surface area (Å²) in [6.45, 7) is 0. The zero-order chi connectivity index (χ0) is 18.0. The van der Waals surface area contributed by atoms with Crippen molar-refractivity contribution in [3.05, 3.63) is 40.8 Å². The highest BCUT2D eigenvalue weighted by molar-refractivity contribution is 8.26. The van der Waals surface area contributed by atoms with Gasteiger partial charge in [-0.1, -0.05) is 30.0 Å². The molecule has 1 fully saturated rings. The van der Waals surface area contributed by atoms with Crippen molar-refractivity contribution in [2.24, 2.45) is 0 Å². The molecule has 0 atom stereocenters. The Hall–Kier alpha value is -2.85. The summed E-state index contributed by atoms with van der Waals surface area (Å²) in [5, 5.41) is 1.18. The molecule has 8 nitrogen and oxygen atoms in total. The van der Waals surface area contributed by atoms with Gasteiger partial charge in [-0.25, -0.2) is 0 Å². The van der Waals surface area contributed by atoms with Crippen LogP contribution >= 0.6 is 24.0 Å². The summed E-state index contributed by atoms with van der Waals surface area (Å²) in [5.74, 6) is 0.792. The first kappa shape index (κ1) is 17.0. The van der Waals surface area contributed by atoms with Crippen molar-refractivity contribution in [1.29, 1.82) is 0 Å². The molecule has 0 bridgehead atoms. The van der Waals surface area contributed by atoms with Crippen molar-refractivity contribution in [1.82, 2.24) is 15.0 Å². The number of rotatable bonds is 4. The molecule has 1 saturated heterocycles. The van der Waals surface area contributed by atoms with Crippen molar-refractivity contribution >= 4 is 57.9 Å². The molecule has 128 valence electrons. The van der Waals surface area contributed by atoms with Gasteiger partial charge in [-0.15, -0.1) is 0 Å². The largest absolute Gasteiger partial charge is 0.496 e. The van der Waals surface area contributed by atoms with Gasteiger partial charge in [0.15, 0.2) is 4.32 Å². The Morgan fingerprint density at radius 3 is 2.64 bits per heavy atom. The number of para-hydroxylation sites is 1. The summed E-state index contributed by atoms with van der Waals surface area (Å²) in [4.78, 5) is 21.0. The van der Waals surface area contributed by atoms with Gasteiger partial charge in [-0.2, -0.15) is 15.0 Å². The Morgan fingerprint density at radius 2 is 1.96 bits per heavy atom. The monoisotopic (exact) mass is 374 g/mol. The van der Waals surface area contributed by atoms with Crippen LogP contribution in [0, 0.1) is 0 Å². The molecule has 25 heavy (non-hydrogen) atoms. The van der Waals surface area contributed by atoms with Gasteiger partial charge in [0.25, 0.3) is 5.91 Å². The topological polar surface area (TPSA) is 119 Å². The van der Waals surface area contributed by atoms with E-state index in [1.807, 2.05) is 24.3 Å². The summed E-state index contributed by atoms with van der Waals surface area (Å²) in [6.07, 6.45) is 1.72. The maximum atomic E-state index is 12.6. The molecule has 3 rings (SSSR count). The minimum Gasteiger partial charge on any atom is -0.496 e. The van der Waals surface area contributed by atoms with Crippen LogP contribution in [-0.2, 0) is 4.79 Å². The highest BCUT2D eigenvalue weighted by Gasteiger charge is 2.33. The third kappa shape index (κ3) is 3.64. The molecule has 0 aliphatic carbocycles. The number of thioether (sulfide) groups is 1. The summed E-state index contributed by atoms with van der Waals surface area (Å²) in [7, 11) is 1.57. The predicted octanol–water partition coefficient (Wildman–Crippen LogP) is 1.88. The molecule has 1 aromatic heterocycles. The lowest BCUT2D eigenvalue weighted by molar-refractivity contribution is -0.121. The number of carbonyl (C=O) groups excluding carboxylic acids is 1. The number of methoxy groups -OCH3 is 1. The van der Waals surface area contributed by atoms with E-state index in [0.29, 0.717) is 15.0 Å². The Labute approximate surface area is 153 Å². The standard InChI is InChI=1S/C15H14N6O2S2/c1-23-9-5-3-2-4-8(9)6-10-13(22)21(15(24)25-10)20-14-18-11(16)7-12(17)19-14/h2-7H,1H3,(H5,16,17,18,19,20). The van der Waals surface area contributed by atoms with E-state index in [2.05, 4.69) is 15.4 Å². The highest BCUT2D eigenvalue weighted by Crippen LogP contribution is 2.34. The third-order valence-corrected chi connectivity index (χ3v) is 4.50. The molecular formula is C15H14N6O2S2. The molecule has 0 saturated carbocycles. The van der Waals surface area contributed by atoms with E-state index < -0.39 is 0 Å². The average molecular weight is 374 g/mol. The predicted molar refractivity (Wildman–Crippen MR) is 102 cm³/mol. The van der Waals surface area contributed by atoms with Gasteiger partial charge in [0.05, 0.1) is 12.0 Å². The number of nitrogens with two attached hydrogens (primary N) is 2. The number of thiocarbonyl (C=S) groups is 1. The number of carbonyl (C=O) groups is 1. The number of amides is 1. The summed E-state index contributed by atoms with van der Waals surface area (Å²) in [5.41, 5.74) is 14.8. The smallest absolute Gasteiger partial charge is 0.285 e. The first-order valence-corrected chi connectivity index (χ1v) is 8.28. The lowest BCUT2D eigenvalue weighted by Gasteiger charge is -2.15. The van der Waals surface area contributed by atoms with E-state index in [9.17, 15) is 4.79 Å². The Kier molecular flexibility index (Phi) is 4.72. The SMILES string of the molecule is COc1ccccc1C=C1SC(=S)N(Nc2nc(N)cc(N)n2)C1=O. The molecule has 1 amide bonds. The van der Waals surface area contributed by atoms with E-state index in [-0.39, 0.29) is 23.5 Å². The van der Waals surface area contributed by atoms with Gasteiger partial charge in [0.1, 0.15) is 17.4 Å². The molecular weight excluding hydrogens is 360 g/mol. The van der Waals surface area contributed by atoms with Crippen LogP contribution in [0.1, 0.15) is 5.56 Å². The second-order valence-electron chi connectivity index (χ2n) is 4.91. The minimum atomic E-state index is -0.328. The van der Waals surface area contributed by atoms with Crippen LogP contribution in [0.15, 0.2) is 35.2 Å². The number of hydrazine groups is 1. The quantitative estimate of drug-likeness (QED) is 0.544. The Balaban J connectivity index is 1.86. The molecule has 1 aliphatic rings. The van der Waals surface area contributed by atoms with E-state index in [0.717, 1.165) is 17.3 Å². The molecule has 1 aliphatic heterocycles. The number of nitrogens with one attached hydrogen (secondary N) is 1. The number of anilines is 3. The van der Waals surface area contributed by atoms with Crippen LogP contribution in [0.4, 0.5) is 17.6 Å². The van der Waals surface area contributed by atoms with Crippen LogP contribution in [0.5, 0.6) is 5.75 Å². The maximum absolute atomic E-state index is 12.6. The lowest BCUT2D eigenvalue weighted by atomic mass is 10.2. The van der Waals surface area contributed by atoms with Crippen LogP contribution < -0.4 is 21.6 Å². The van der Waals surface area contributed by atoms with Crippen LogP contribution in [0.2, 0.25) is 0 Å². The summed E-state index contributed by atoms with van der Waals surface area (Å²) >= 11 is 6.41. The summed E-state index contributed by atoms with van der Waals surface area (Å²) < 4.78 is 5.61. The number of benzene rings is 1. The first-order chi connectivity index (χ1) is 12.0. The Bertz CT molecular complexity index is 866. The van der Waals surface area contributed by atoms with Crippen LogP contribution in [0.25, 0.3) is 6.08 Å². The van der Waals surface area contributed by atoms with Gasteiger partial charge in [-0.05, 0) is 24.4 Å². The van der Waals surface area contributed by atoms with Crippen molar-refractivity contribution in [2.75, 3.05) is 24.0 Å². The highest BCUT2D eigenvalue weighted by atomic mass is 32.2. The number of aromatic nitrogens is 2. The van der Waals surface area contributed by atoms with Gasteiger partial charge in [0, 0.05) is 11.6 Å². The zero-order valence-electron chi connectivity index (χ0n) is 13.1. The second kappa shape index (κ2) is 6.95. The fourth-order valence-electron chi connectivity index (χ4n) is 2.13. The minimum absolute atomic E-state index is 0.0901. The average Bonchev–Trinajstić information content (AvgIpc) is 2.82. The van der Waals surface area contributed by atoms with Crippen molar-refractivity contribution < 1.29 is 9.53 Å². The van der Waals surface area contributed by atoms with Gasteiger partial charge >= 0.3 is 0 Å². The fraction of sp³-hybridized carbons (Fsp3) is 0.0667. The molecule has 0 radical (unpaired) electrons. The molecule has 0 unspecified atom stereocenters. The van der Waals surface area contributed by atoms with E-state index in [4.69, 9.17) is 28.4 Å². The fourth-order valence-corrected chi connectivity index (χ4v) is 3.30. The summed E-state index contributed by atoms with van der Waals surface area (Å²) in [6, 6.07) is 8.78. The molecule has 2 heterocycles. The van der Waals surface area contributed by atoms with E-state index in [1.54, 1.807) is 13.2 Å². The lowest BCUT2D eigenvalue weighted by Crippen LogP contribution is -2.34. The number of nitrogen functional groups attached to an aromatic ring is 2. The number of nitrogens with zero attached hydrogens (tertiary/aromatic N) is 3. The number of hydrogen-bond acceptors (Lipinski definition) is 9. The Morgan fingerprint density at radius 1 is 1.28 bits per heavy atom. The van der Waals surface area contributed by atoms with Crippen molar-refractivity contribution in [3.8, 4) is 5.75 Å². The van der Waals surface area contributed by atoms with E-state index >= 15 is 0 Å². The molecule has 2 aromatic rings. The molecule has 10 heteroatoms. The normalized spacial score (nSPS) is 15.7. The van der Waals surface area contributed by atoms with Crippen LogP contribution in [0.3, 0.4) is 0 Å². The molecule has 5 N–H and O–H groups in total. The number of ether oxygens (including phenoxy) is 1. The number of hydrogen-bond donors (Lipinski definition) is 3. The molecule has 1 aromatic carbocycles. The van der Waals surface area contributed by atoms with Crippen LogP contribution in [-0.4, -0.2) is 32.3 Å². The first-order valence-electron chi connectivity index (χ1n) is 7.05. The van der Waals surface area contributed by atoms with Gasteiger partial charge in [-0.3, -0.25) is 10.2 Å². The van der Waals surface area contributed by atoms with Gasteiger partial charge < -0.3 is 16.2 Å². The van der Waals surface area contributed by atoms with Crippen molar-refractivity contribution in [2.45, 2.75) is 0 Å². The maximum Gasteiger partial charge on any atom is 0.285 e. The van der Waals surface area contributed by atoms with Crippen molar-refractivity contribution in [3.63, 3.8) is 0 Å². The second-order valence-corrected chi connectivity index (χ2v) is 6.59. The third-order valence-electron chi connectivity index (χ3n) is 3.20. The zero-order valence-corrected chi connectivity index (χ0v) is 14.7. The van der Waals surface area contributed by atoms with Gasteiger partial charge in [0.2, 0.25) is 5.95 Å². The van der Waals surface area contributed by atoms with E-state index in [1.165, 1.54) is 11.1 Å².